The highest BCUT2D eigenvalue weighted by Gasteiger charge is 2.47. The monoisotopic (exact) mass is 514 g/mol. The first-order chi connectivity index (χ1) is 16.7. The van der Waals surface area contributed by atoms with Crippen LogP contribution in [-0.2, 0) is 16.1 Å². The molecule has 1 aliphatic carbocycles. The second-order valence-corrected chi connectivity index (χ2v) is 9.25. The lowest BCUT2D eigenvalue weighted by molar-refractivity contribution is -0.189. The van der Waals surface area contributed by atoms with Crippen LogP contribution in [0.4, 0.5) is 13.2 Å². The van der Waals surface area contributed by atoms with Gasteiger partial charge in [-0.2, -0.15) is 13.2 Å². The van der Waals surface area contributed by atoms with Crippen LogP contribution in [0.5, 0.6) is 17.2 Å². The molecule has 2 amide bonds. The highest BCUT2D eigenvalue weighted by atomic mass is 32.1. The van der Waals surface area contributed by atoms with E-state index in [0.717, 1.165) is 32.1 Å². The van der Waals surface area contributed by atoms with E-state index in [2.05, 4.69) is 5.32 Å². The summed E-state index contributed by atoms with van der Waals surface area (Å²) >= 11 is 1.20. The van der Waals surface area contributed by atoms with Crippen molar-refractivity contribution in [3.8, 4) is 17.2 Å². The van der Waals surface area contributed by atoms with E-state index in [1.165, 1.54) is 44.8 Å². The number of alkyl halides is 3. The van der Waals surface area contributed by atoms with Crippen LogP contribution in [0.3, 0.4) is 0 Å². The molecule has 1 unspecified atom stereocenters. The lowest BCUT2D eigenvalue weighted by Crippen LogP contribution is -2.50. The predicted molar refractivity (Wildman–Crippen MR) is 125 cm³/mol. The number of thiophene rings is 1. The average Bonchev–Trinajstić information content (AvgIpc) is 3.35. The van der Waals surface area contributed by atoms with Crippen molar-refractivity contribution in [1.29, 1.82) is 0 Å². The van der Waals surface area contributed by atoms with Crippen molar-refractivity contribution in [1.82, 2.24) is 10.2 Å². The third kappa shape index (κ3) is 6.39. The zero-order chi connectivity index (χ0) is 25.6. The molecule has 3 rings (SSSR count). The molecule has 0 aliphatic heterocycles. The number of rotatable bonds is 9. The first kappa shape index (κ1) is 26.7. The fraction of sp³-hybridized carbons (Fsp3) is 0.500. The number of nitrogens with zero attached hydrogens (tertiary/aromatic N) is 1. The van der Waals surface area contributed by atoms with Crippen molar-refractivity contribution < 1.29 is 37.0 Å². The zero-order valence-corrected chi connectivity index (χ0v) is 20.6. The molecular formula is C24H29F3N2O5S. The van der Waals surface area contributed by atoms with E-state index >= 15 is 0 Å². The van der Waals surface area contributed by atoms with Gasteiger partial charge in [0.25, 0.3) is 0 Å². The van der Waals surface area contributed by atoms with Gasteiger partial charge < -0.3 is 24.4 Å². The smallest absolute Gasteiger partial charge is 0.471 e. The van der Waals surface area contributed by atoms with Crippen LogP contribution < -0.4 is 19.5 Å². The van der Waals surface area contributed by atoms with Crippen LogP contribution in [0.2, 0.25) is 0 Å². The summed E-state index contributed by atoms with van der Waals surface area (Å²) in [6.45, 7) is -0.393. The first-order valence-electron chi connectivity index (χ1n) is 11.2. The molecule has 7 nitrogen and oxygen atoms in total. The van der Waals surface area contributed by atoms with Crippen molar-refractivity contribution in [2.45, 2.75) is 56.9 Å². The maximum Gasteiger partial charge on any atom is 0.471 e. The van der Waals surface area contributed by atoms with Crippen molar-refractivity contribution >= 4 is 23.2 Å². The summed E-state index contributed by atoms with van der Waals surface area (Å²) < 4.78 is 57.3. The zero-order valence-electron chi connectivity index (χ0n) is 19.8. The molecule has 1 atom stereocenters. The fourth-order valence-corrected chi connectivity index (χ4v) is 4.98. The maximum atomic E-state index is 13.7. The average molecular weight is 515 g/mol. The molecule has 1 aromatic heterocycles. The lowest BCUT2D eigenvalue weighted by atomic mass is 9.94. The first-order valence-corrected chi connectivity index (χ1v) is 12.1. The van der Waals surface area contributed by atoms with Gasteiger partial charge in [0.1, 0.15) is 6.04 Å². The van der Waals surface area contributed by atoms with Gasteiger partial charge in [-0.3, -0.25) is 9.59 Å². The van der Waals surface area contributed by atoms with E-state index in [4.69, 9.17) is 14.2 Å². The Morgan fingerprint density at radius 2 is 1.71 bits per heavy atom. The highest BCUT2D eigenvalue weighted by molar-refractivity contribution is 7.09. The SMILES string of the molecule is COc1cc(C(C(=O)NC2CCCCC2)N(Cc2cccs2)C(=O)C(F)(F)F)cc(OC)c1OC. The van der Waals surface area contributed by atoms with Gasteiger partial charge >= 0.3 is 12.1 Å². The summed E-state index contributed by atoms with van der Waals surface area (Å²) in [5.74, 6) is -2.26. The number of nitrogens with one attached hydrogen (secondary N) is 1. The minimum Gasteiger partial charge on any atom is -0.493 e. The minimum absolute atomic E-state index is 0.113. The lowest BCUT2D eigenvalue weighted by Gasteiger charge is -2.34. The van der Waals surface area contributed by atoms with Crippen molar-refractivity contribution in [2.24, 2.45) is 0 Å². The van der Waals surface area contributed by atoms with Gasteiger partial charge in [0.2, 0.25) is 11.7 Å². The Balaban J connectivity index is 2.13. The number of hydrogen-bond acceptors (Lipinski definition) is 6. The number of benzene rings is 1. The molecule has 1 fully saturated rings. The Morgan fingerprint density at radius 3 is 2.20 bits per heavy atom. The van der Waals surface area contributed by atoms with Gasteiger partial charge in [0.15, 0.2) is 11.5 Å². The van der Waals surface area contributed by atoms with E-state index in [-0.39, 0.29) is 28.9 Å². The number of amides is 2. The van der Waals surface area contributed by atoms with Crippen LogP contribution >= 0.6 is 11.3 Å². The molecule has 1 saturated carbocycles. The van der Waals surface area contributed by atoms with Crippen LogP contribution in [0.15, 0.2) is 29.6 Å². The van der Waals surface area contributed by atoms with Crippen molar-refractivity contribution in [3.05, 3.63) is 40.1 Å². The standard InChI is InChI=1S/C24H29F3N2O5S/c1-32-18-12-15(13-19(33-2)21(18)34-3)20(22(30)28-16-8-5-4-6-9-16)29(23(31)24(25,26)27)14-17-10-7-11-35-17/h7,10-13,16,20H,4-6,8-9,14H2,1-3H3,(H,28,30). The summed E-state index contributed by atoms with van der Waals surface area (Å²) in [4.78, 5) is 27.3. The molecule has 1 N–H and O–H groups in total. The number of ether oxygens (including phenoxy) is 3. The number of carbonyl (C=O) groups excluding carboxylic acids is 2. The molecule has 2 aromatic rings. The van der Waals surface area contributed by atoms with E-state index in [1.54, 1.807) is 17.5 Å². The Bertz CT molecular complexity index is 982. The topological polar surface area (TPSA) is 77.1 Å². The van der Waals surface area contributed by atoms with E-state index < -0.39 is 30.6 Å². The van der Waals surface area contributed by atoms with Gasteiger partial charge in [0, 0.05) is 10.9 Å². The van der Waals surface area contributed by atoms with Gasteiger partial charge in [-0.05, 0) is 42.0 Å². The third-order valence-electron chi connectivity index (χ3n) is 5.92. The summed E-state index contributed by atoms with van der Waals surface area (Å²) in [5, 5.41) is 4.57. The molecule has 0 bridgehead atoms. The summed E-state index contributed by atoms with van der Waals surface area (Å²) in [5.41, 5.74) is 0.113. The molecule has 1 aliphatic rings. The number of methoxy groups -OCH3 is 3. The van der Waals surface area contributed by atoms with Crippen molar-refractivity contribution in [3.63, 3.8) is 0 Å². The van der Waals surface area contributed by atoms with Crippen LogP contribution in [-0.4, -0.2) is 50.3 Å². The second kappa shape index (κ2) is 11.7. The minimum atomic E-state index is -5.18. The van der Waals surface area contributed by atoms with Crippen molar-refractivity contribution in [2.75, 3.05) is 21.3 Å². The summed E-state index contributed by atoms with van der Waals surface area (Å²) in [6.07, 6.45) is -0.848. The molecule has 1 heterocycles. The quantitative estimate of drug-likeness (QED) is 0.518. The largest absolute Gasteiger partial charge is 0.493 e. The van der Waals surface area contributed by atoms with Gasteiger partial charge in [-0.15, -0.1) is 11.3 Å². The van der Waals surface area contributed by atoms with E-state index in [9.17, 15) is 22.8 Å². The van der Waals surface area contributed by atoms with Gasteiger partial charge in [-0.25, -0.2) is 0 Å². The van der Waals surface area contributed by atoms with Crippen LogP contribution in [0, 0.1) is 0 Å². The summed E-state index contributed by atoms with van der Waals surface area (Å²) in [7, 11) is 4.12. The fourth-order valence-electron chi connectivity index (χ4n) is 4.27. The molecule has 0 saturated heterocycles. The normalized spacial score (nSPS) is 15.3. The third-order valence-corrected chi connectivity index (χ3v) is 6.79. The van der Waals surface area contributed by atoms with E-state index in [1.807, 2.05) is 0 Å². The highest BCUT2D eigenvalue weighted by Crippen LogP contribution is 2.42. The predicted octanol–water partition coefficient (Wildman–Crippen LogP) is 4.86. The Labute approximate surface area is 206 Å². The number of halogens is 3. The molecule has 11 heteroatoms. The Morgan fingerprint density at radius 1 is 1.09 bits per heavy atom. The number of carbonyl (C=O) groups is 2. The molecule has 0 spiro atoms. The van der Waals surface area contributed by atoms with Crippen LogP contribution in [0.1, 0.15) is 48.6 Å². The number of hydrogen-bond donors (Lipinski definition) is 1. The Kier molecular flexibility index (Phi) is 8.87. The molecule has 1 aromatic carbocycles. The summed E-state index contributed by atoms with van der Waals surface area (Å²) in [6, 6.07) is 4.33. The molecular weight excluding hydrogens is 485 g/mol. The van der Waals surface area contributed by atoms with Gasteiger partial charge in [0.05, 0.1) is 27.9 Å². The second-order valence-electron chi connectivity index (χ2n) is 8.21. The Hall–Kier alpha value is -2.95. The molecule has 0 radical (unpaired) electrons. The van der Waals surface area contributed by atoms with Gasteiger partial charge in [-0.1, -0.05) is 25.3 Å². The molecule has 35 heavy (non-hydrogen) atoms. The maximum absolute atomic E-state index is 13.7. The molecule has 192 valence electrons. The van der Waals surface area contributed by atoms with Crippen LogP contribution in [0.25, 0.3) is 0 Å². The van der Waals surface area contributed by atoms with E-state index in [0.29, 0.717) is 9.78 Å².